The van der Waals surface area contributed by atoms with Crippen LogP contribution in [0, 0.1) is 13.8 Å². The van der Waals surface area contributed by atoms with E-state index in [1.54, 1.807) is 18.2 Å². The van der Waals surface area contributed by atoms with Crippen molar-refractivity contribution in [2.24, 2.45) is 0 Å². The van der Waals surface area contributed by atoms with Crippen LogP contribution in [0.5, 0.6) is 0 Å². The lowest BCUT2D eigenvalue weighted by Gasteiger charge is -2.20. The first-order chi connectivity index (χ1) is 17.2. The quantitative estimate of drug-likeness (QED) is 0.334. The summed E-state index contributed by atoms with van der Waals surface area (Å²) >= 11 is 1.29. The third kappa shape index (κ3) is 5.80. The largest absolute Gasteiger partial charge is 0.468 e. The summed E-state index contributed by atoms with van der Waals surface area (Å²) in [6.07, 6.45) is 1.76. The Bertz CT molecular complexity index is 1440. The summed E-state index contributed by atoms with van der Waals surface area (Å²) in [5, 5.41) is 5.78. The van der Waals surface area contributed by atoms with Crippen LogP contribution in [0.15, 0.2) is 75.4 Å². The van der Waals surface area contributed by atoms with Gasteiger partial charge in [-0.05, 0) is 72.5 Å². The molecule has 0 bridgehead atoms. The standard InChI is InChI=1S/C27H26N2O5S2/c1-17-5-4-6-18(2)22(17)16-36(32,33)21-11-12-24-23(14-21)29-27(31)25(35-24)13-19-7-9-20(10-8-19)28-15-26(30)34-3/h4-14,28H,15-16H2,1-3H3,(H,29,31)/b25-13+. The predicted octanol–water partition coefficient (Wildman–Crippen LogP) is 4.95. The summed E-state index contributed by atoms with van der Waals surface area (Å²) in [6, 6.07) is 17.8. The Morgan fingerprint density at radius 1 is 1.06 bits per heavy atom. The molecule has 4 rings (SSSR count). The minimum absolute atomic E-state index is 0.0637. The summed E-state index contributed by atoms with van der Waals surface area (Å²) < 4.78 is 30.9. The Hall–Kier alpha value is -3.56. The van der Waals surface area contributed by atoms with Gasteiger partial charge in [0.2, 0.25) is 0 Å². The molecule has 0 unspecified atom stereocenters. The lowest BCUT2D eigenvalue weighted by molar-refractivity contribution is -0.138. The van der Waals surface area contributed by atoms with Gasteiger partial charge in [0.25, 0.3) is 5.91 Å². The maximum atomic E-state index is 13.1. The van der Waals surface area contributed by atoms with Gasteiger partial charge in [0, 0.05) is 10.6 Å². The third-order valence-electron chi connectivity index (χ3n) is 5.85. The summed E-state index contributed by atoms with van der Waals surface area (Å²) in [7, 11) is -2.27. The summed E-state index contributed by atoms with van der Waals surface area (Å²) in [5.74, 6) is -0.762. The molecule has 0 saturated heterocycles. The van der Waals surface area contributed by atoms with Crippen molar-refractivity contribution in [3.05, 3.63) is 87.8 Å². The monoisotopic (exact) mass is 522 g/mol. The van der Waals surface area contributed by atoms with Crippen LogP contribution in [0.3, 0.4) is 0 Å². The highest BCUT2D eigenvalue weighted by Gasteiger charge is 2.25. The van der Waals surface area contributed by atoms with Crippen molar-refractivity contribution in [2.45, 2.75) is 29.4 Å². The number of fused-ring (bicyclic) bond motifs is 1. The van der Waals surface area contributed by atoms with E-state index in [9.17, 15) is 18.0 Å². The van der Waals surface area contributed by atoms with E-state index in [0.29, 0.717) is 10.6 Å². The first-order valence-electron chi connectivity index (χ1n) is 11.2. The van der Waals surface area contributed by atoms with Gasteiger partial charge < -0.3 is 15.4 Å². The first-order valence-corrected chi connectivity index (χ1v) is 13.7. The number of anilines is 2. The Kier molecular flexibility index (Phi) is 7.51. The van der Waals surface area contributed by atoms with Crippen LogP contribution in [0.4, 0.5) is 11.4 Å². The molecular formula is C27H26N2O5S2. The third-order valence-corrected chi connectivity index (χ3v) is 8.59. The van der Waals surface area contributed by atoms with E-state index in [-0.39, 0.29) is 29.1 Å². The number of esters is 1. The number of hydrogen-bond donors (Lipinski definition) is 2. The Balaban J connectivity index is 1.51. The molecule has 3 aromatic carbocycles. The second kappa shape index (κ2) is 10.6. The van der Waals surface area contributed by atoms with E-state index in [4.69, 9.17) is 0 Å². The minimum Gasteiger partial charge on any atom is -0.468 e. The van der Waals surface area contributed by atoms with E-state index >= 15 is 0 Å². The van der Waals surface area contributed by atoms with E-state index in [2.05, 4.69) is 15.4 Å². The molecule has 2 N–H and O–H groups in total. The Morgan fingerprint density at radius 2 is 1.75 bits per heavy atom. The van der Waals surface area contributed by atoms with Crippen molar-refractivity contribution in [1.82, 2.24) is 0 Å². The van der Waals surface area contributed by atoms with E-state index in [1.165, 1.54) is 24.9 Å². The molecule has 7 nitrogen and oxygen atoms in total. The molecule has 36 heavy (non-hydrogen) atoms. The van der Waals surface area contributed by atoms with Crippen molar-refractivity contribution in [3.8, 4) is 0 Å². The molecule has 3 aromatic rings. The van der Waals surface area contributed by atoms with Gasteiger partial charge in [-0.2, -0.15) is 0 Å². The molecule has 0 fully saturated rings. The molecule has 0 saturated carbocycles. The van der Waals surface area contributed by atoms with Crippen molar-refractivity contribution in [3.63, 3.8) is 0 Å². The maximum Gasteiger partial charge on any atom is 0.325 e. The van der Waals surface area contributed by atoms with Crippen LogP contribution in [0.2, 0.25) is 0 Å². The molecule has 0 aliphatic carbocycles. The van der Waals surface area contributed by atoms with Crippen LogP contribution in [0.1, 0.15) is 22.3 Å². The van der Waals surface area contributed by atoms with Crippen LogP contribution in [-0.4, -0.2) is 33.9 Å². The molecule has 0 atom stereocenters. The molecule has 1 aliphatic heterocycles. The van der Waals surface area contributed by atoms with Crippen molar-refractivity contribution >= 4 is 50.9 Å². The number of thioether (sulfide) groups is 1. The predicted molar refractivity (Wildman–Crippen MR) is 143 cm³/mol. The van der Waals surface area contributed by atoms with E-state index in [0.717, 1.165) is 32.8 Å². The van der Waals surface area contributed by atoms with Crippen LogP contribution < -0.4 is 10.6 Å². The molecule has 1 aliphatic rings. The second-order valence-corrected chi connectivity index (χ2v) is 11.5. The van der Waals surface area contributed by atoms with Crippen molar-refractivity contribution in [1.29, 1.82) is 0 Å². The lowest BCUT2D eigenvalue weighted by atomic mass is 10.1. The molecule has 1 amide bonds. The molecule has 9 heteroatoms. The number of methoxy groups -OCH3 is 1. The molecular weight excluding hydrogens is 496 g/mol. The molecule has 0 radical (unpaired) electrons. The number of carbonyl (C=O) groups excluding carboxylic acids is 2. The molecule has 0 aromatic heterocycles. The van der Waals surface area contributed by atoms with Crippen LogP contribution in [-0.2, 0) is 29.9 Å². The van der Waals surface area contributed by atoms with Gasteiger partial charge in [-0.25, -0.2) is 8.42 Å². The number of benzene rings is 3. The number of hydrogen-bond acceptors (Lipinski definition) is 7. The van der Waals surface area contributed by atoms with Gasteiger partial charge >= 0.3 is 5.97 Å². The zero-order chi connectivity index (χ0) is 25.9. The van der Waals surface area contributed by atoms with Gasteiger partial charge in [-0.3, -0.25) is 9.59 Å². The minimum atomic E-state index is -3.60. The average molecular weight is 523 g/mol. The molecule has 186 valence electrons. The van der Waals surface area contributed by atoms with Gasteiger partial charge in [0.05, 0.1) is 28.4 Å². The van der Waals surface area contributed by atoms with Crippen LogP contribution in [0.25, 0.3) is 6.08 Å². The normalized spacial score (nSPS) is 14.2. The maximum absolute atomic E-state index is 13.1. The number of nitrogens with one attached hydrogen (secondary N) is 2. The molecule has 1 heterocycles. The zero-order valence-corrected chi connectivity index (χ0v) is 21.8. The van der Waals surface area contributed by atoms with Gasteiger partial charge in [-0.1, -0.05) is 42.1 Å². The molecule has 0 spiro atoms. The number of ether oxygens (including phenoxy) is 1. The van der Waals surface area contributed by atoms with Gasteiger partial charge in [0.1, 0.15) is 6.54 Å². The van der Waals surface area contributed by atoms with Crippen LogP contribution >= 0.6 is 11.8 Å². The topological polar surface area (TPSA) is 102 Å². The SMILES string of the molecule is COC(=O)CNc1ccc(/C=C2/Sc3ccc(S(=O)(=O)Cc4c(C)cccc4C)cc3NC2=O)cc1. The van der Waals surface area contributed by atoms with E-state index in [1.807, 2.05) is 56.3 Å². The number of aryl methyl sites for hydroxylation is 2. The fourth-order valence-electron chi connectivity index (χ4n) is 3.78. The average Bonchev–Trinajstić information content (AvgIpc) is 2.86. The lowest BCUT2D eigenvalue weighted by Crippen LogP contribution is -2.18. The Labute approximate surface area is 214 Å². The Morgan fingerprint density at radius 3 is 2.42 bits per heavy atom. The van der Waals surface area contributed by atoms with E-state index < -0.39 is 9.84 Å². The number of carbonyl (C=O) groups is 2. The number of sulfone groups is 1. The smallest absolute Gasteiger partial charge is 0.325 e. The highest BCUT2D eigenvalue weighted by Crippen LogP contribution is 2.40. The summed E-state index contributed by atoms with van der Waals surface area (Å²) in [5.41, 5.74) is 4.71. The number of amides is 1. The highest BCUT2D eigenvalue weighted by atomic mass is 32.2. The van der Waals surface area contributed by atoms with Gasteiger partial charge in [-0.15, -0.1) is 0 Å². The van der Waals surface area contributed by atoms with Gasteiger partial charge in [0.15, 0.2) is 9.84 Å². The van der Waals surface area contributed by atoms with Crippen molar-refractivity contribution < 1.29 is 22.7 Å². The summed E-state index contributed by atoms with van der Waals surface area (Å²) in [6.45, 7) is 3.87. The van der Waals surface area contributed by atoms with Crippen molar-refractivity contribution in [2.75, 3.05) is 24.3 Å². The summed E-state index contributed by atoms with van der Waals surface area (Å²) in [4.78, 5) is 25.5. The zero-order valence-electron chi connectivity index (χ0n) is 20.1. The fourth-order valence-corrected chi connectivity index (χ4v) is 6.28. The first kappa shape index (κ1) is 25.5. The highest BCUT2D eigenvalue weighted by molar-refractivity contribution is 8.04. The second-order valence-electron chi connectivity index (χ2n) is 8.40. The fraction of sp³-hybridized carbons (Fsp3) is 0.185. The number of rotatable bonds is 7.